The molecule has 156 valence electrons. The van der Waals surface area contributed by atoms with Crippen molar-refractivity contribution in [3.8, 4) is 18.1 Å². The van der Waals surface area contributed by atoms with Gasteiger partial charge < -0.3 is 4.74 Å². The van der Waals surface area contributed by atoms with Gasteiger partial charge in [0.1, 0.15) is 12.4 Å². The van der Waals surface area contributed by atoms with Crippen LogP contribution in [0.25, 0.3) is 0 Å². The Hall–Kier alpha value is -2.47. The fourth-order valence-electron chi connectivity index (χ4n) is 2.78. The quantitative estimate of drug-likeness (QED) is 0.454. The number of likely N-dealkylation sites (tertiary alicyclic amines) is 1. The Morgan fingerprint density at radius 3 is 2.41 bits per heavy atom. The molecular formula is C21H25FN2O4S. The van der Waals surface area contributed by atoms with Gasteiger partial charge in [0.25, 0.3) is 10.1 Å². The van der Waals surface area contributed by atoms with E-state index in [1.807, 2.05) is 20.8 Å². The van der Waals surface area contributed by atoms with Gasteiger partial charge in [-0.25, -0.2) is 4.98 Å². The average Bonchev–Trinajstić information content (AvgIpc) is 2.62. The molecular weight excluding hydrogens is 395 g/mol. The van der Waals surface area contributed by atoms with Crippen LogP contribution in [0.3, 0.4) is 0 Å². The van der Waals surface area contributed by atoms with E-state index >= 15 is 0 Å². The summed E-state index contributed by atoms with van der Waals surface area (Å²) in [6, 6.07) is 9.18. The Balaban J connectivity index is 0.000000234. The predicted octanol–water partition coefficient (Wildman–Crippen LogP) is 3.33. The topological polar surface area (TPSA) is 79.7 Å². The van der Waals surface area contributed by atoms with Crippen LogP contribution in [0.2, 0.25) is 0 Å². The molecule has 1 atom stereocenters. The van der Waals surface area contributed by atoms with Gasteiger partial charge in [0.15, 0.2) is 0 Å². The summed E-state index contributed by atoms with van der Waals surface area (Å²) < 4.78 is 47.8. The Kier molecular flexibility index (Phi) is 7.36. The van der Waals surface area contributed by atoms with Crippen molar-refractivity contribution >= 4 is 10.1 Å². The molecule has 3 rings (SSSR count). The Bertz CT molecular complexity index is 952. The van der Waals surface area contributed by atoms with Crippen LogP contribution in [0.1, 0.15) is 25.8 Å². The third-order valence-electron chi connectivity index (χ3n) is 4.68. The van der Waals surface area contributed by atoms with Crippen molar-refractivity contribution in [3.05, 3.63) is 54.1 Å². The van der Waals surface area contributed by atoms with Crippen LogP contribution in [0, 0.1) is 25.2 Å². The van der Waals surface area contributed by atoms with Crippen LogP contribution in [-0.4, -0.2) is 47.6 Å². The monoisotopic (exact) mass is 420 g/mol. The first-order chi connectivity index (χ1) is 13.5. The van der Waals surface area contributed by atoms with E-state index in [9.17, 15) is 12.8 Å². The van der Waals surface area contributed by atoms with Gasteiger partial charge in [-0.3, -0.25) is 9.45 Å². The van der Waals surface area contributed by atoms with Crippen molar-refractivity contribution in [3.63, 3.8) is 0 Å². The molecule has 1 aliphatic heterocycles. The van der Waals surface area contributed by atoms with Gasteiger partial charge in [-0.05, 0) is 51.5 Å². The summed E-state index contributed by atoms with van der Waals surface area (Å²) in [6.45, 7) is 7.44. The summed E-state index contributed by atoms with van der Waals surface area (Å²) in [5.41, 5.74) is 0.713. The molecule has 0 spiro atoms. The number of terminal acetylenes is 1. The number of halogens is 1. The smallest absolute Gasteiger partial charge is 0.294 e. The summed E-state index contributed by atoms with van der Waals surface area (Å²) in [6.07, 6.45) is 7.98. The lowest BCUT2D eigenvalue weighted by Gasteiger charge is -2.48. The van der Waals surface area contributed by atoms with Gasteiger partial charge in [-0.15, -0.1) is 6.42 Å². The highest BCUT2D eigenvalue weighted by atomic mass is 32.2. The molecule has 1 N–H and O–H groups in total. The van der Waals surface area contributed by atoms with Crippen molar-refractivity contribution in [2.75, 3.05) is 13.2 Å². The average molecular weight is 421 g/mol. The minimum Gasteiger partial charge on any atom is -0.490 e. The number of aryl methyl sites for hydroxylation is 1. The summed E-state index contributed by atoms with van der Waals surface area (Å²) in [5.74, 6) is 2.87. The van der Waals surface area contributed by atoms with E-state index in [0.29, 0.717) is 18.4 Å². The summed E-state index contributed by atoms with van der Waals surface area (Å²) >= 11 is 0. The molecule has 1 saturated heterocycles. The first-order valence-corrected chi connectivity index (χ1v) is 10.5. The van der Waals surface area contributed by atoms with E-state index < -0.39 is 16.1 Å². The van der Waals surface area contributed by atoms with Crippen LogP contribution >= 0.6 is 0 Å². The van der Waals surface area contributed by atoms with E-state index in [1.54, 1.807) is 18.2 Å². The van der Waals surface area contributed by atoms with Crippen molar-refractivity contribution in [1.82, 2.24) is 9.88 Å². The number of benzene rings is 1. The number of ether oxygens (including phenoxy) is 1. The summed E-state index contributed by atoms with van der Waals surface area (Å²) in [7, 11) is -4.02. The lowest BCUT2D eigenvalue weighted by atomic mass is 9.93. The zero-order valence-corrected chi connectivity index (χ0v) is 17.5. The Morgan fingerprint density at radius 1 is 1.31 bits per heavy atom. The minimum absolute atomic E-state index is 0.0666. The molecule has 0 amide bonds. The molecule has 1 aliphatic rings. The van der Waals surface area contributed by atoms with Crippen LogP contribution in [0.5, 0.6) is 5.75 Å². The van der Waals surface area contributed by atoms with Crippen molar-refractivity contribution in [1.29, 1.82) is 0 Å². The number of aromatic nitrogens is 1. The van der Waals surface area contributed by atoms with Crippen molar-refractivity contribution in [2.24, 2.45) is 0 Å². The van der Waals surface area contributed by atoms with Gasteiger partial charge in [-0.1, -0.05) is 23.6 Å². The standard InChI is InChI=1S/C14H17FN2O.C7H8O3S/c1-4-14(2,3)17-8-7-11(17)10-18-12-5-6-13(15)16-9-12;1-6-2-4-7(5-3-6)11(8,9)10/h1,5-6,9,11H,7-8,10H2,2-3H3;2-5H,1H3,(H,8,9,10)/t11-;/m0./s1. The lowest BCUT2D eigenvalue weighted by molar-refractivity contribution is -0.00356. The van der Waals surface area contributed by atoms with Gasteiger partial charge in [-0.2, -0.15) is 12.8 Å². The predicted molar refractivity (Wildman–Crippen MR) is 109 cm³/mol. The second-order valence-corrected chi connectivity index (χ2v) is 8.68. The molecule has 1 aromatic heterocycles. The second-order valence-electron chi connectivity index (χ2n) is 7.25. The third-order valence-corrected chi connectivity index (χ3v) is 5.54. The van der Waals surface area contributed by atoms with Crippen LogP contribution in [0.4, 0.5) is 4.39 Å². The minimum atomic E-state index is -4.02. The maximum absolute atomic E-state index is 12.6. The van der Waals surface area contributed by atoms with E-state index in [-0.39, 0.29) is 10.4 Å². The van der Waals surface area contributed by atoms with E-state index in [1.165, 1.54) is 24.4 Å². The third kappa shape index (κ3) is 6.53. The van der Waals surface area contributed by atoms with Crippen molar-refractivity contribution in [2.45, 2.75) is 43.7 Å². The molecule has 0 radical (unpaired) electrons. The molecule has 0 unspecified atom stereocenters. The van der Waals surface area contributed by atoms with Crippen LogP contribution in [-0.2, 0) is 10.1 Å². The van der Waals surface area contributed by atoms with E-state index in [2.05, 4.69) is 15.8 Å². The SMILES string of the molecule is C#CC(C)(C)N1CC[C@H]1COc1ccc(F)nc1.Cc1ccc(S(=O)(=O)O)cc1. The highest BCUT2D eigenvalue weighted by Crippen LogP contribution is 2.27. The summed E-state index contributed by atoms with van der Waals surface area (Å²) in [4.78, 5) is 5.72. The number of hydrogen-bond acceptors (Lipinski definition) is 5. The molecule has 2 heterocycles. The van der Waals surface area contributed by atoms with E-state index in [4.69, 9.17) is 15.7 Å². The fourth-order valence-corrected chi connectivity index (χ4v) is 3.26. The number of rotatable bonds is 5. The lowest BCUT2D eigenvalue weighted by Crippen LogP contribution is -2.59. The highest BCUT2D eigenvalue weighted by molar-refractivity contribution is 7.85. The molecule has 2 aromatic rings. The molecule has 0 aliphatic carbocycles. The van der Waals surface area contributed by atoms with Crippen molar-refractivity contribution < 1.29 is 22.1 Å². The second kappa shape index (κ2) is 9.35. The largest absolute Gasteiger partial charge is 0.490 e. The Morgan fingerprint density at radius 2 is 1.97 bits per heavy atom. The molecule has 0 bridgehead atoms. The molecule has 1 aromatic carbocycles. The van der Waals surface area contributed by atoms with Gasteiger partial charge >= 0.3 is 0 Å². The highest BCUT2D eigenvalue weighted by Gasteiger charge is 2.38. The van der Waals surface area contributed by atoms with E-state index in [0.717, 1.165) is 18.5 Å². The van der Waals surface area contributed by atoms with Crippen LogP contribution < -0.4 is 4.74 Å². The molecule has 29 heavy (non-hydrogen) atoms. The number of hydrogen-bond donors (Lipinski definition) is 1. The fraction of sp³-hybridized carbons (Fsp3) is 0.381. The first kappa shape index (κ1) is 22.8. The molecule has 0 saturated carbocycles. The number of pyridine rings is 1. The first-order valence-electron chi connectivity index (χ1n) is 9.06. The van der Waals surface area contributed by atoms with Crippen LogP contribution in [0.15, 0.2) is 47.5 Å². The van der Waals surface area contributed by atoms with Gasteiger partial charge in [0, 0.05) is 12.6 Å². The molecule has 6 nitrogen and oxygen atoms in total. The maximum Gasteiger partial charge on any atom is 0.294 e. The van der Waals surface area contributed by atoms with Gasteiger partial charge in [0.2, 0.25) is 5.95 Å². The maximum atomic E-state index is 12.6. The number of nitrogens with zero attached hydrogens (tertiary/aromatic N) is 2. The van der Waals surface area contributed by atoms with Gasteiger partial charge in [0.05, 0.1) is 16.6 Å². The Labute approximate surface area is 171 Å². The zero-order chi connectivity index (χ0) is 21.7. The normalized spacial score (nSPS) is 16.8. The summed E-state index contributed by atoms with van der Waals surface area (Å²) in [5, 5.41) is 0. The molecule has 1 fully saturated rings. The molecule has 8 heteroatoms. The zero-order valence-electron chi connectivity index (χ0n) is 16.7.